The van der Waals surface area contributed by atoms with Crippen molar-refractivity contribution in [1.82, 2.24) is 0 Å². The van der Waals surface area contributed by atoms with Gasteiger partial charge in [-0.05, 0) is 67.8 Å². The van der Waals surface area contributed by atoms with Gasteiger partial charge in [0.1, 0.15) is 0 Å². The molecule has 1 aliphatic carbocycles. The summed E-state index contributed by atoms with van der Waals surface area (Å²) in [5.41, 5.74) is 7.42. The van der Waals surface area contributed by atoms with Gasteiger partial charge in [0.2, 0.25) is 0 Å². The predicted molar refractivity (Wildman–Crippen MR) is 215 cm³/mol. The second-order valence-electron chi connectivity index (χ2n) is 12.9. The average molecular weight is 721 g/mol. The fraction of sp³-hybridized carbons (Fsp3) is 0.0952. The molecule has 0 bridgehead atoms. The normalized spacial score (nSPS) is 18.6. The lowest BCUT2D eigenvalue weighted by Crippen LogP contribution is -2.54. The van der Waals surface area contributed by atoms with E-state index in [0.717, 1.165) is 12.8 Å². The zero-order valence-corrected chi connectivity index (χ0v) is 33.7. The van der Waals surface area contributed by atoms with Crippen molar-refractivity contribution >= 4 is 61.6 Å². The highest BCUT2D eigenvalue weighted by molar-refractivity contribution is 6.50. The summed E-state index contributed by atoms with van der Waals surface area (Å²) in [6, 6.07) is 63.4. The van der Waals surface area contributed by atoms with Gasteiger partial charge < -0.3 is 16.5 Å². The molecular formula is C42H40O4Si4. The Bertz CT molecular complexity index is 2080. The van der Waals surface area contributed by atoms with Crippen LogP contribution in [-0.4, -0.2) is 40.0 Å². The van der Waals surface area contributed by atoms with E-state index in [0.29, 0.717) is 0 Å². The van der Waals surface area contributed by atoms with E-state index >= 15 is 0 Å². The topological polar surface area (TPSA) is 36.9 Å². The summed E-state index contributed by atoms with van der Waals surface area (Å²) >= 11 is 0. The Balaban J connectivity index is 0.000000400. The van der Waals surface area contributed by atoms with Gasteiger partial charge in [-0.3, -0.25) is 0 Å². The Morgan fingerprint density at radius 1 is 0.380 bits per heavy atom. The van der Waals surface area contributed by atoms with Gasteiger partial charge in [-0.1, -0.05) is 170 Å². The van der Waals surface area contributed by atoms with Gasteiger partial charge in [-0.25, -0.2) is 0 Å². The number of hydrogen-bond donors (Lipinski definition) is 0. The molecule has 2 aliphatic rings. The van der Waals surface area contributed by atoms with Crippen LogP contribution in [0, 0.1) is 0 Å². The molecule has 0 atom stereocenters. The van der Waals surface area contributed by atoms with Gasteiger partial charge in [-0.15, -0.1) is 0 Å². The first-order valence-corrected chi connectivity index (χ1v) is 21.9. The minimum absolute atomic E-state index is 0.338. The number of hydrogen-bond acceptors (Lipinski definition) is 4. The molecule has 9 rings (SSSR count). The Morgan fingerprint density at radius 2 is 0.820 bits per heavy atom. The van der Waals surface area contributed by atoms with Crippen molar-refractivity contribution < 1.29 is 16.5 Å². The average Bonchev–Trinajstić information content (AvgIpc) is 3.18. The van der Waals surface area contributed by atoms with E-state index in [1.807, 2.05) is 0 Å². The minimum Gasteiger partial charge on any atom is -0.425 e. The summed E-state index contributed by atoms with van der Waals surface area (Å²) < 4.78 is 20.4. The molecule has 0 unspecified atom stereocenters. The van der Waals surface area contributed by atoms with E-state index in [-0.39, 0.29) is 5.41 Å². The Kier molecular flexibility index (Phi) is 9.84. The smallest absolute Gasteiger partial charge is 0.286 e. The van der Waals surface area contributed by atoms with Crippen molar-refractivity contribution in [3.63, 3.8) is 0 Å². The molecule has 0 radical (unpaired) electrons. The second kappa shape index (κ2) is 14.9. The van der Waals surface area contributed by atoms with Crippen molar-refractivity contribution in [2.45, 2.75) is 23.7 Å². The van der Waals surface area contributed by atoms with Gasteiger partial charge in [0.25, 0.3) is 40.0 Å². The van der Waals surface area contributed by atoms with E-state index in [2.05, 4.69) is 170 Å². The highest BCUT2D eigenvalue weighted by Crippen LogP contribution is 2.62. The van der Waals surface area contributed by atoms with Crippen LogP contribution in [0.1, 0.15) is 39.8 Å². The third kappa shape index (κ3) is 5.77. The Labute approximate surface area is 303 Å². The van der Waals surface area contributed by atoms with Crippen molar-refractivity contribution in [3.05, 3.63) is 203 Å². The van der Waals surface area contributed by atoms with E-state index < -0.39 is 45.4 Å². The number of aryl methyl sites for hydroxylation is 1. The predicted octanol–water partition coefficient (Wildman–Crippen LogP) is 6.32. The zero-order chi connectivity index (χ0) is 33.6. The summed E-state index contributed by atoms with van der Waals surface area (Å²) in [7, 11) is -2.61. The fourth-order valence-electron chi connectivity index (χ4n) is 8.55. The minimum atomic E-state index is -0.653. The van der Waals surface area contributed by atoms with Gasteiger partial charge in [-0.2, -0.15) is 0 Å². The number of fused-ring (bicyclic) bond motifs is 5. The van der Waals surface area contributed by atoms with Crippen LogP contribution in [0.25, 0.3) is 21.5 Å². The fourth-order valence-corrected chi connectivity index (χ4v) is 15.8. The molecule has 0 N–H and O–H groups in total. The number of rotatable bonds is 4. The molecule has 1 fully saturated rings. The summed E-state index contributed by atoms with van der Waals surface area (Å²) in [5, 5.41) is 5.33. The third-order valence-corrected chi connectivity index (χ3v) is 15.8. The number of benzene rings is 7. The highest BCUT2D eigenvalue weighted by atomic mass is 28.4. The molecule has 50 heavy (non-hydrogen) atoms. The summed E-state index contributed by atoms with van der Waals surface area (Å²) in [6.45, 7) is 0. The van der Waals surface area contributed by atoms with Crippen LogP contribution < -0.4 is 0 Å². The van der Waals surface area contributed by atoms with E-state index in [1.54, 1.807) is 0 Å². The molecule has 1 saturated heterocycles. The molecule has 1 heterocycles. The molecular weight excluding hydrogens is 681 g/mol. The second-order valence-corrected chi connectivity index (χ2v) is 20.4. The van der Waals surface area contributed by atoms with E-state index in [9.17, 15) is 0 Å². The molecule has 8 heteroatoms. The highest BCUT2D eigenvalue weighted by Gasteiger charge is 2.59. The maximum atomic E-state index is 5.10. The maximum Gasteiger partial charge on any atom is 0.286 e. The van der Waals surface area contributed by atoms with E-state index in [1.165, 1.54) is 54.9 Å². The van der Waals surface area contributed by atoms with Gasteiger partial charge in [0, 0.05) is 5.41 Å². The summed E-state index contributed by atoms with van der Waals surface area (Å²) in [6.07, 6.45) is 1.99. The van der Waals surface area contributed by atoms with Crippen molar-refractivity contribution in [2.75, 3.05) is 0 Å². The molecule has 1 aliphatic heterocycles. The van der Waals surface area contributed by atoms with Crippen LogP contribution in [0.15, 0.2) is 170 Å². The molecule has 0 saturated carbocycles. The zero-order valence-electron chi connectivity index (χ0n) is 28.0. The molecule has 0 amide bonds. The largest absolute Gasteiger partial charge is 0.425 e. The quantitative estimate of drug-likeness (QED) is 0.158. The molecule has 4 nitrogen and oxygen atoms in total. The third-order valence-electron chi connectivity index (χ3n) is 10.4. The van der Waals surface area contributed by atoms with Crippen LogP contribution in [0.5, 0.6) is 0 Å². The maximum absolute atomic E-state index is 5.10. The monoisotopic (exact) mass is 720 g/mol. The molecule has 248 valence electrons. The first kappa shape index (κ1) is 32.9. The van der Waals surface area contributed by atoms with Crippen molar-refractivity contribution in [2.24, 2.45) is 0 Å². The van der Waals surface area contributed by atoms with Crippen LogP contribution in [0.3, 0.4) is 0 Å². The van der Waals surface area contributed by atoms with Gasteiger partial charge in [0.15, 0.2) is 0 Å². The van der Waals surface area contributed by atoms with Crippen LogP contribution in [0.2, 0.25) is 0 Å². The lowest BCUT2D eigenvalue weighted by atomic mass is 9.45. The van der Waals surface area contributed by atoms with Crippen LogP contribution >= 0.6 is 0 Å². The van der Waals surface area contributed by atoms with Crippen molar-refractivity contribution in [3.8, 4) is 0 Å². The molecule has 0 aromatic heterocycles. The lowest BCUT2D eigenvalue weighted by molar-refractivity contribution is 0.312. The first-order valence-electron chi connectivity index (χ1n) is 17.3. The SMILES string of the molecule is O1[SiH2]O[SiH2]O[SiH2]O[SiH2]1.c1ccc(C2(c3ccccc3)CCc3c(ccc4c3ccc3ccccc34)C2(c2ccccc2)c2ccccc2)cc1. The lowest BCUT2D eigenvalue weighted by Gasteiger charge is -2.56. The van der Waals surface area contributed by atoms with Crippen LogP contribution in [-0.2, 0) is 33.7 Å². The molecule has 0 spiro atoms. The molecule has 7 aromatic rings. The van der Waals surface area contributed by atoms with Crippen molar-refractivity contribution in [1.29, 1.82) is 0 Å². The standard InChI is InChI=1S/C42H32.H8O4Si4/c1-5-16-32(17-6-1)41(33-18-7-2-8-19-33)30-29-39-38-26-25-31-15-13-14-24-36(31)37(38)27-28-40(39)42(41,34-20-9-3-10-21-34)35-22-11-4-12-23-35;1-5-2-7-4-8-3-6-1/h1-28H,29-30H2;5-8H2. The Morgan fingerprint density at radius 3 is 1.34 bits per heavy atom. The first-order chi connectivity index (χ1) is 24.8. The van der Waals surface area contributed by atoms with Crippen LogP contribution in [0.4, 0.5) is 0 Å². The van der Waals surface area contributed by atoms with Gasteiger partial charge >= 0.3 is 0 Å². The molecule has 7 aromatic carbocycles. The van der Waals surface area contributed by atoms with Gasteiger partial charge in [0.05, 0.1) is 5.41 Å². The Hall–Kier alpha value is -4.23. The van der Waals surface area contributed by atoms with E-state index in [4.69, 9.17) is 16.5 Å². The summed E-state index contributed by atoms with van der Waals surface area (Å²) in [5.74, 6) is 0. The summed E-state index contributed by atoms with van der Waals surface area (Å²) in [4.78, 5) is 0.